The Bertz CT molecular complexity index is 476. The van der Waals surface area contributed by atoms with Gasteiger partial charge in [-0.1, -0.05) is 5.57 Å². The number of nitrogens with one attached hydrogen (secondary N) is 1. The van der Waals surface area contributed by atoms with E-state index in [1.807, 2.05) is 12.1 Å². The molecule has 20 heavy (non-hydrogen) atoms. The zero-order chi connectivity index (χ0) is 14.7. The third kappa shape index (κ3) is 3.85. The lowest BCUT2D eigenvalue weighted by Crippen LogP contribution is -2.45. The molecular formula is C15H20Br2N2O. The molecule has 3 nitrogen and oxygen atoms in total. The molecular weight excluding hydrogens is 384 g/mol. The summed E-state index contributed by atoms with van der Waals surface area (Å²) < 4.78 is 1.45. The molecule has 0 radical (unpaired) electrons. The summed E-state index contributed by atoms with van der Waals surface area (Å²) in [4.78, 5) is 2.48. The van der Waals surface area contributed by atoms with E-state index in [9.17, 15) is 5.11 Å². The van der Waals surface area contributed by atoms with Crippen molar-refractivity contribution < 1.29 is 5.11 Å². The van der Waals surface area contributed by atoms with E-state index in [2.05, 4.69) is 55.6 Å². The highest BCUT2D eigenvalue weighted by molar-refractivity contribution is 9.11. The first-order valence-corrected chi connectivity index (χ1v) is 8.34. The lowest BCUT2D eigenvalue weighted by molar-refractivity contribution is 0.172. The maximum atomic E-state index is 9.87. The van der Waals surface area contributed by atoms with Gasteiger partial charge in [0.1, 0.15) is 5.75 Å². The lowest BCUT2D eigenvalue weighted by Gasteiger charge is -2.35. The molecule has 110 valence electrons. The first kappa shape index (κ1) is 16.0. The second-order valence-corrected chi connectivity index (χ2v) is 7.00. The maximum absolute atomic E-state index is 9.87. The number of hydrogen-bond acceptors (Lipinski definition) is 3. The van der Waals surface area contributed by atoms with Gasteiger partial charge in [0.25, 0.3) is 0 Å². The van der Waals surface area contributed by atoms with E-state index >= 15 is 0 Å². The Kier molecular flexibility index (Phi) is 5.66. The van der Waals surface area contributed by atoms with Gasteiger partial charge in [-0.25, -0.2) is 0 Å². The standard InChI is InChI=1S/C15H20Br2N2O/c1-10(2)7-14(19-5-3-18-4-6-19)11-8-12(16)15(20)13(17)9-11/h8-9,14,18,20H,1,3-7H2,2H3/t14-/m1/s1. The van der Waals surface area contributed by atoms with Crippen LogP contribution in [0.5, 0.6) is 5.75 Å². The van der Waals surface area contributed by atoms with Crippen molar-refractivity contribution in [2.75, 3.05) is 26.2 Å². The molecule has 2 rings (SSSR count). The van der Waals surface area contributed by atoms with Gasteiger partial charge in [-0.15, -0.1) is 6.58 Å². The van der Waals surface area contributed by atoms with Crippen LogP contribution in [-0.4, -0.2) is 36.2 Å². The summed E-state index contributed by atoms with van der Waals surface area (Å²) in [6.45, 7) is 10.2. The molecule has 0 bridgehead atoms. The number of phenolic OH excluding ortho intramolecular Hbond substituents is 1. The van der Waals surface area contributed by atoms with Gasteiger partial charge in [0.05, 0.1) is 8.95 Å². The topological polar surface area (TPSA) is 35.5 Å². The number of phenols is 1. The zero-order valence-corrected chi connectivity index (χ0v) is 14.8. The van der Waals surface area contributed by atoms with Crippen LogP contribution in [0.4, 0.5) is 0 Å². The zero-order valence-electron chi connectivity index (χ0n) is 11.6. The summed E-state index contributed by atoms with van der Waals surface area (Å²) in [5.74, 6) is 0.253. The molecule has 0 spiro atoms. The predicted molar refractivity (Wildman–Crippen MR) is 90.1 cm³/mol. The van der Waals surface area contributed by atoms with E-state index in [1.54, 1.807) is 0 Å². The summed E-state index contributed by atoms with van der Waals surface area (Å²) in [6, 6.07) is 4.33. The highest BCUT2D eigenvalue weighted by Crippen LogP contribution is 2.38. The van der Waals surface area contributed by atoms with Crippen molar-refractivity contribution in [1.82, 2.24) is 10.2 Å². The Hall–Kier alpha value is -0.360. The number of benzene rings is 1. The van der Waals surface area contributed by atoms with Crippen molar-refractivity contribution in [3.05, 3.63) is 38.8 Å². The molecule has 0 unspecified atom stereocenters. The van der Waals surface area contributed by atoms with Gasteiger partial charge in [-0.2, -0.15) is 0 Å². The largest absolute Gasteiger partial charge is 0.506 e. The quantitative estimate of drug-likeness (QED) is 0.750. The summed E-state index contributed by atoms with van der Waals surface area (Å²) >= 11 is 6.84. The first-order chi connectivity index (χ1) is 9.49. The minimum Gasteiger partial charge on any atom is -0.506 e. The Morgan fingerprint density at radius 3 is 2.40 bits per heavy atom. The van der Waals surface area contributed by atoms with Crippen LogP contribution in [-0.2, 0) is 0 Å². The molecule has 1 aromatic rings. The average molecular weight is 404 g/mol. The molecule has 1 aliphatic rings. The summed E-state index contributed by atoms with van der Waals surface area (Å²) in [5.41, 5.74) is 2.38. The van der Waals surface area contributed by atoms with Crippen LogP contribution in [0.2, 0.25) is 0 Å². The highest BCUT2D eigenvalue weighted by atomic mass is 79.9. The number of piperazine rings is 1. The van der Waals surface area contributed by atoms with Crippen molar-refractivity contribution in [3.63, 3.8) is 0 Å². The molecule has 1 aliphatic heterocycles. The Morgan fingerprint density at radius 1 is 1.35 bits per heavy atom. The predicted octanol–water partition coefficient (Wildman–Crippen LogP) is 3.83. The number of nitrogens with zero attached hydrogens (tertiary/aromatic N) is 1. The van der Waals surface area contributed by atoms with Gasteiger partial charge in [0, 0.05) is 32.2 Å². The third-order valence-electron chi connectivity index (χ3n) is 3.56. The van der Waals surface area contributed by atoms with E-state index in [1.165, 1.54) is 11.1 Å². The van der Waals surface area contributed by atoms with Crippen LogP contribution >= 0.6 is 31.9 Å². The second-order valence-electron chi connectivity index (χ2n) is 5.30. The Balaban J connectivity index is 2.32. The smallest absolute Gasteiger partial charge is 0.143 e. The molecule has 1 heterocycles. The van der Waals surface area contributed by atoms with E-state index in [0.29, 0.717) is 6.04 Å². The number of hydrogen-bond donors (Lipinski definition) is 2. The van der Waals surface area contributed by atoms with Gasteiger partial charge < -0.3 is 10.4 Å². The summed E-state index contributed by atoms with van der Waals surface area (Å²) in [6.07, 6.45) is 0.934. The van der Waals surface area contributed by atoms with Crippen LogP contribution in [0, 0.1) is 0 Å². The summed E-state index contributed by atoms with van der Waals surface area (Å²) in [5, 5.41) is 13.3. The SMILES string of the molecule is C=C(C)C[C@H](c1cc(Br)c(O)c(Br)c1)N1CCNCC1. The molecule has 1 atom stereocenters. The fourth-order valence-electron chi connectivity index (χ4n) is 2.56. The minimum absolute atomic E-state index is 0.253. The van der Waals surface area contributed by atoms with Crippen molar-refractivity contribution >= 4 is 31.9 Å². The van der Waals surface area contributed by atoms with E-state index < -0.39 is 0 Å². The third-order valence-corrected chi connectivity index (χ3v) is 4.77. The molecule has 1 aromatic carbocycles. The molecule has 1 saturated heterocycles. The molecule has 0 saturated carbocycles. The molecule has 5 heteroatoms. The fraction of sp³-hybridized carbons (Fsp3) is 0.467. The van der Waals surface area contributed by atoms with Gasteiger partial charge >= 0.3 is 0 Å². The Labute approximate surface area is 137 Å². The first-order valence-electron chi connectivity index (χ1n) is 6.76. The van der Waals surface area contributed by atoms with Crippen molar-refractivity contribution in [1.29, 1.82) is 0 Å². The van der Waals surface area contributed by atoms with E-state index in [0.717, 1.165) is 41.5 Å². The van der Waals surface area contributed by atoms with Gasteiger partial charge in [-0.3, -0.25) is 4.90 Å². The fourth-order valence-corrected chi connectivity index (χ4v) is 3.78. The van der Waals surface area contributed by atoms with Crippen LogP contribution in [0.15, 0.2) is 33.2 Å². The van der Waals surface area contributed by atoms with Crippen LogP contribution in [0.1, 0.15) is 24.9 Å². The monoisotopic (exact) mass is 402 g/mol. The van der Waals surface area contributed by atoms with Crippen molar-refractivity contribution in [2.24, 2.45) is 0 Å². The van der Waals surface area contributed by atoms with Crippen LogP contribution in [0.3, 0.4) is 0 Å². The molecule has 0 aliphatic carbocycles. The van der Waals surface area contributed by atoms with E-state index in [4.69, 9.17) is 0 Å². The molecule has 2 N–H and O–H groups in total. The molecule has 0 amide bonds. The molecule has 1 fully saturated rings. The van der Waals surface area contributed by atoms with Crippen molar-refractivity contribution in [2.45, 2.75) is 19.4 Å². The average Bonchev–Trinajstić information content (AvgIpc) is 2.42. The summed E-state index contributed by atoms with van der Waals surface area (Å²) in [7, 11) is 0. The van der Waals surface area contributed by atoms with Gasteiger partial charge in [0.15, 0.2) is 0 Å². The van der Waals surface area contributed by atoms with Crippen molar-refractivity contribution in [3.8, 4) is 5.75 Å². The number of rotatable bonds is 4. The van der Waals surface area contributed by atoms with E-state index in [-0.39, 0.29) is 5.75 Å². The lowest BCUT2D eigenvalue weighted by atomic mass is 9.98. The maximum Gasteiger partial charge on any atom is 0.143 e. The second kappa shape index (κ2) is 7.07. The number of halogens is 2. The van der Waals surface area contributed by atoms with Crippen LogP contribution in [0.25, 0.3) is 0 Å². The minimum atomic E-state index is 0.253. The van der Waals surface area contributed by atoms with Gasteiger partial charge in [0.2, 0.25) is 0 Å². The van der Waals surface area contributed by atoms with Crippen LogP contribution < -0.4 is 5.32 Å². The molecule has 0 aromatic heterocycles. The Morgan fingerprint density at radius 2 is 1.90 bits per heavy atom. The highest BCUT2D eigenvalue weighted by Gasteiger charge is 2.23. The normalized spacial score (nSPS) is 17.9. The van der Waals surface area contributed by atoms with Gasteiger partial charge in [-0.05, 0) is 62.9 Å². The number of aromatic hydroxyl groups is 1.